The summed E-state index contributed by atoms with van der Waals surface area (Å²) in [6.07, 6.45) is 4.34. The Kier molecular flexibility index (Phi) is 5.04. The predicted octanol–water partition coefficient (Wildman–Crippen LogP) is 4.76. The molecule has 0 fully saturated rings. The zero-order chi connectivity index (χ0) is 21.2. The Hall–Kier alpha value is -3.80. The van der Waals surface area contributed by atoms with E-state index in [1.807, 2.05) is 41.2 Å². The molecule has 0 atom stereocenters. The summed E-state index contributed by atoms with van der Waals surface area (Å²) in [5.41, 5.74) is 6.73. The van der Waals surface area contributed by atoms with E-state index in [1.54, 1.807) is 6.26 Å². The number of imidazole rings is 1. The van der Waals surface area contributed by atoms with Crippen molar-refractivity contribution in [2.75, 3.05) is 6.54 Å². The molecule has 31 heavy (non-hydrogen) atoms. The third-order valence-electron chi connectivity index (χ3n) is 5.61. The molecule has 6 nitrogen and oxygen atoms in total. The summed E-state index contributed by atoms with van der Waals surface area (Å²) in [6, 6.07) is 20.2. The molecule has 0 spiro atoms. The number of aromatic nitrogens is 3. The van der Waals surface area contributed by atoms with Gasteiger partial charge in [-0.2, -0.15) is 0 Å². The van der Waals surface area contributed by atoms with Crippen molar-refractivity contribution in [2.24, 2.45) is 0 Å². The van der Waals surface area contributed by atoms with Crippen LogP contribution < -0.4 is 5.32 Å². The minimum absolute atomic E-state index is 0.0889. The van der Waals surface area contributed by atoms with Crippen LogP contribution in [0.25, 0.3) is 22.1 Å². The normalized spacial score (nSPS) is 11.4. The number of aryl methyl sites for hydroxylation is 2. The Morgan fingerprint density at radius 3 is 2.77 bits per heavy atom. The number of hydrogen-bond donors (Lipinski definition) is 1. The molecule has 0 aliphatic carbocycles. The average Bonchev–Trinajstić information content (AvgIpc) is 3.49. The van der Waals surface area contributed by atoms with Crippen LogP contribution >= 0.6 is 0 Å². The first-order valence-corrected chi connectivity index (χ1v) is 10.5. The van der Waals surface area contributed by atoms with Gasteiger partial charge in [0, 0.05) is 31.8 Å². The van der Waals surface area contributed by atoms with Crippen LogP contribution in [0, 0.1) is 6.92 Å². The first-order chi connectivity index (χ1) is 15.2. The van der Waals surface area contributed by atoms with Crippen molar-refractivity contribution in [3.05, 3.63) is 90.1 Å². The number of furan rings is 1. The minimum atomic E-state index is -0.0889. The molecule has 0 saturated heterocycles. The van der Waals surface area contributed by atoms with Gasteiger partial charge in [0.2, 0.25) is 0 Å². The van der Waals surface area contributed by atoms with Crippen LogP contribution in [0.3, 0.4) is 0 Å². The van der Waals surface area contributed by atoms with Crippen LogP contribution in [0.4, 0.5) is 0 Å². The number of amides is 1. The molecule has 2 aromatic carbocycles. The van der Waals surface area contributed by atoms with Crippen molar-refractivity contribution in [2.45, 2.75) is 26.4 Å². The van der Waals surface area contributed by atoms with Crippen molar-refractivity contribution >= 4 is 28.0 Å². The number of carbonyl (C=O) groups is 1. The van der Waals surface area contributed by atoms with Crippen LogP contribution in [0.15, 0.2) is 77.7 Å². The zero-order valence-electron chi connectivity index (χ0n) is 17.4. The monoisotopic (exact) mass is 412 g/mol. The second-order valence-corrected chi connectivity index (χ2v) is 7.81. The number of nitrogens with zero attached hydrogens (tertiary/aromatic N) is 3. The summed E-state index contributed by atoms with van der Waals surface area (Å²) >= 11 is 0. The maximum Gasteiger partial charge on any atom is 0.268 e. The number of carbonyl (C=O) groups excluding carboxylic acids is 1. The van der Waals surface area contributed by atoms with E-state index in [2.05, 4.69) is 52.1 Å². The van der Waals surface area contributed by atoms with Crippen molar-refractivity contribution in [1.82, 2.24) is 19.4 Å². The second kappa shape index (κ2) is 8.14. The third-order valence-corrected chi connectivity index (χ3v) is 5.61. The maximum absolute atomic E-state index is 13.0. The summed E-state index contributed by atoms with van der Waals surface area (Å²) in [6.45, 7) is 4.07. The van der Waals surface area contributed by atoms with Gasteiger partial charge < -0.3 is 18.9 Å². The second-order valence-electron chi connectivity index (χ2n) is 7.81. The standard InChI is InChI=1S/C25H24N4O2/c1-18-7-9-19(10-8-18)16-29-22-11-14-31-24(22)15-23(29)25(30)26-12-4-13-28-17-27-20-5-2-3-6-21(20)28/h2-3,5-11,14-15,17H,4,12-13,16H2,1H3,(H,26,30). The van der Waals surface area contributed by atoms with Gasteiger partial charge in [-0.15, -0.1) is 0 Å². The Morgan fingerprint density at radius 1 is 1.06 bits per heavy atom. The molecule has 0 aliphatic heterocycles. The molecule has 6 heteroatoms. The van der Waals surface area contributed by atoms with E-state index >= 15 is 0 Å². The van der Waals surface area contributed by atoms with Gasteiger partial charge >= 0.3 is 0 Å². The van der Waals surface area contributed by atoms with Crippen LogP contribution in [0.2, 0.25) is 0 Å². The molecule has 0 unspecified atom stereocenters. The van der Waals surface area contributed by atoms with E-state index in [9.17, 15) is 4.79 Å². The molecule has 5 aromatic rings. The van der Waals surface area contributed by atoms with Crippen LogP contribution in [-0.2, 0) is 13.1 Å². The quantitative estimate of drug-likeness (QED) is 0.392. The lowest BCUT2D eigenvalue weighted by Crippen LogP contribution is -2.27. The van der Waals surface area contributed by atoms with Gasteiger partial charge in [0.15, 0.2) is 5.58 Å². The highest BCUT2D eigenvalue weighted by Gasteiger charge is 2.17. The van der Waals surface area contributed by atoms with Crippen LogP contribution in [0.1, 0.15) is 28.0 Å². The number of rotatable bonds is 7. The zero-order valence-corrected chi connectivity index (χ0v) is 17.4. The van der Waals surface area contributed by atoms with Crippen LogP contribution in [0.5, 0.6) is 0 Å². The number of nitrogens with one attached hydrogen (secondary N) is 1. The molecule has 0 saturated carbocycles. The molecule has 0 aliphatic rings. The van der Waals surface area contributed by atoms with Gasteiger partial charge in [-0.25, -0.2) is 4.98 Å². The summed E-state index contributed by atoms with van der Waals surface area (Å²) in [7, 11) is 0. The highest BCUT2D eigenvalue weighted by atomic mass is 16.3. The SMILES string of the molecule is Cc1ccc(Cn2c(C(=O)NCCCn3cnc4ccccc43)cc3occc32)cc1. The summed E-state index contributed by atoms with van der Waals surface area (Å²) in [4.78, 5) is 17.4. The fraction of sp³-hybridized carbons (Fsp3) is 0.200. The number of para-hydroxylation sites is 2. The van der Waals surface area contributed by atoms with Gasteiger partial charge in [0.1, 0.15) is 5.69 Å². The molecular formula is C25H24N4O2. The number of fused-ring (bicyclic) bond motifs is 2. The number of benzene rings is 2. The largest absolute Gasteiger partial charge is 0.463 e. The molecule has 5 rings (SSSR count). The molecule has 1 amide bonds. The van der Waals surface area contributed by atoms with E-state index in [4.69, 9.17) is 4.42 Å². The molecule has 0 radical (unpaired) electrons. The average molecular weight is 412 g/mol. The van der Waals surface area contributed by atoms with E-state index in [0.717, 1.165) is 40.7 Å². The van der Waals surface area contributed by atoms with Gasteiger partial charge in [0.05, 0.1) is 29.1 Å². The topological polar surface area (TPSA) is 65.0 Å². The van der Waals surface area contributed by atoms with Gasteiger partial charge in [-0.3, -0.25) is 4.79 Å². The van der Waals surface area contributed by atoms with Gasteiger partial charge in [0.25, 0.3) is 5.91 Å². The smallest absolute Gasteiger partial charge is 0.268 e. The van der Waals surface area contributed by atoms with Crippen molar-refractivity contribution in [3.8, 4) is 0 Å². The molecular weight excluding hydrogens is 388 g/mol. The Morgan fingerprint density at radius 2 is 1.90 bits per heavy atom. The lowest BCUT2D eigenvalue weighted by atomic mass is 10.1. The van der Waals surface area contributed by atoms with E-state index in [-0.39, 0.29) is 5.91 Å². The predicted molar refractivity (Wildman–Crippen MR) is 121 cm³/mol. The molecule has 156 valence electrons. The van der Waals surface area contributed by atoms with Crippen molar-refractivity contribution in [1.29, 1.82) is 0 Å². The van der Waals surface area contributed by atoms with Crippen molar-refractivity contribution in [3.63, 3.8) is 0 Å². The maximum atomic E-state index is 13.0. The Bertz CT molecular complexity index is 1340. The highest BCUT2D eigenvalue weighted by Crippen LogP contribution is 2.23. The Labute approximate surface area is 180 Å². The van der Waals surface area contributed by atoms with Crippen molar-refractivity contribution < 1.29 is 9.21 Å². The third kappa shape index (κ3) is 3.84. The van der Waals surface area contributed by atoms with Gasteiger partial charge in [-0.1, -0.05) is 42.0 Å². The molecule has 1 N–H and O–H groups in total. The van der Waals surface area contributed by atoms with Gasteiger partial charge in [-0.05, 0) is 31.0 Å². The minimum Gasteiger partial charge on any atom is -0.463 e. The lowest BCUT2D eigenvalue weighted by Gasteiger charge is -2.11. The highest BCUT2D eigenvalue weighted by molar-refractivity contribution is 5.97. The lowest BCUT2D eigenvalue weighted by molar-refractivity contribution is 0.0944. The molecule has 3 heterocycles. The first-order valence-electron chi connectivity index (χ1n) is 10.5. The van der Waals surface area contributed by atoms with Crippen LogP contribution in [-0.4, -0.2) is 26.6 Å². The Balaban J connectivity index is 1.27. The first kappa shape index (κ1) is 19.2. The number of hydrogen-bond acceptors (Lipinski definition) is 3. The van der Waals surface area contributed by atoms with E-state index < -0.39 is 0 Å². The fourth-order valence-corrected chi connectivity index (χ4v) is 3.94. The summed E-state index contributed by atoms with van der Waals surface area (Å²) in [5, 5.41) is 3.06. The fourth-order valence-electron chi connectivity index (χ4n) is 3.94. The van der Waals surface area contributed by atoms with E-state index in [1.165, 1.54) is 5.56 Å². The van der Waals surface area contributed by atoms with E-state index in [0.29, 0.717) is 18.8 Å². The molecule has 0 bridgehead atoms. The summed E-state index contributed by atoms with van der Waals surface area (Å²) < 4.78 is 9.69. The molecule has 3 aromatic heterocycles. The summed E-state index contributed by atoms with van der Waals surface area (Å²) in [5.74, 6) is -0.0889.